The fraction of sp³-hybridized carbons (Fsp3) is 0.0833. The second-order valence-corrected chi connectivity index (χ2v) is 5.17. The molecule has 0 aliphatic rings. The van der Waals surface area contributed by atoms with E-state index in [1.54, 1.807) is 11.8 Å². The lowest BCUT2D eigenvalue weighted by Gasteiger charge is -2.04. The third-order valence-corrected chi connectivity index (χ3v) is 4.08. The van der Waals surface area contributed by atoms with Crippen molar-refractivity contribution >= 4 is 33.4 Å². The zero-order chi connectivity index (χ0) is 11.4. The van der Waals surface area contributed by atoms with Crippen molar-refractivity contribution < 1.29 is 0 Å². The van der Waals surface area contributed by atoms with Crippen LogP contribution in [0.4, 0.5) is 5.69 Å². The zero-order valence-electron chi connectivity index (χ0n) is 8.56. The number of aromatic nitrogens is 1. The Morgan fingerprint density at radius 1 is 1.25 bits per heavy atom. The van der Waals surface area contributed by atoms with Crippen LogP contribution in [0, 0.1) is 0 Å². The summed E-state index contributed by atoms with van der Waals surface area (Å²) in [5.74, 6) is 0.864. The maximum absolute atomic E-state index is 5.68. The van der Waals surface area contributed by atoms with Gasteiger partial charge in [-0.15, -0.1) is 11.8 Å². The lowest BCUT2D eigenvalue weighted by molar-refractivity contribution is 1.17. The predicted octanol–water partition coefficient (Wildman–Crippen LogP) is 3.72. The van der Waals surface area contributed by atoms with Crippen LogP contribution < -0.4 is 5.73 Å². The van der Waals surface area contributed by atoms with E-state index < -0.39 is 0 Å². The standard InChI is InChI=1S/C12H11BrN2S/c13-11-7-9(14)4-5-12(11)16-8-10-3-1-2-6-15-10/h1-7H,8,14H2. The molecule has 1 heterocycles. The van der Waals surface area contributed by atoms with Crippen molar-refractivity contribution in [2.24, 2.45) is 0 Å². The minimum absolute atomic E-state index is 0.772. The molecule has 82 valence electrons. The van der Waals surface area contributed by atoms with Crippen LogP contribution in [-0.2, 0) is 5.75 Å². The first kappa shape index (κ1) is 11.5. The molecular formula is C12H11BrN2S. The summed E-state index contributed by atoms with van der Waals surface area (Å²) in [5.41, 5.74) is 7.54. The van der Waals surface area contributed by atoms with Gasteiger partial charge in [0.1, 0.15) is 0 Å². The first-order valence-electron chi connectivity index (χ1n) is 4.83. The maximum Gasteiger partial charge on any atom is 0.0506 e. The number of nitrogen functional groups attached to an aromatic ring is 1. The number of nitrogens with two attached hydrogens (primary N) is 1. The Kier molecular flexibility index (Phi) is 3.85. The summed E-state index contributed by atoms with van der Waals surface area (Å²) in [6, 6.07) is 11.8. The van der Waals surface area contributed by atoms with Gasteiger partial charge in [-0.2, -0.15) is 0 Å². The highest BCUT2D eigenvalue weighted by atomic mass is 79.9. The van der Waals surface area contributed by atoms with Crippen LogP contribution in [0.25, 0.3) is 0 Å². The summed E-state index contributed by atoms with van der Waals surface area (Å²) in [7, 11) is 0. The molecule has 2 rings (SSSR count). The molecule has 2 nitrogen and oxygen atoms in total. The van der Waals surface area contributed by atoms with Crippen LogP contribution in [0.2, 0.25) is 0 Å². The van der Waals surface area contributed by atoms with Crippen molar-refractivity contribution in [3.8, 4) is 0 Å². The van der Waals surface area contributed by atoms with E-state index in [0.29, 0.717) is 0 Å². The highest BCUT2D eigenvalue weighted by Gasteiger charge is 2.02. The molecule has 2 aromatic rings. The van der Waals surface area contributed by atoms with Gasteiger partial charge in [-0.25, -0.2) is 0 Å². The van der Waals surface area contributed by atoms with Gasteiger partial charge >= 0.3 is 0 Å². The van der Waals surface area contributed by atoms with Gasteiger partial charge in [0.15, 0.2) is 0 Å². The second kappa shape index (κ2) is 5.37. The molecule has 2 N–H and O–H groups in total. The van der Waals surface area contributed by atoms with E-state index in [-0.39, 0.29) is 0 Å². The number of pyridine rings is 1. The molecule has 0 aliphatic carbocycles. The van der Waals surface area contributed by atoms with E-state index in [0.717, 1.165) is 21.6 Å². The van der Waals surface area contributed by atoms with Crippen molar-refractivity contribution in [3.63, 3.8) is 0 Å². The van der Waals surface area contributed by atoms with Crippen molar-refractivity contribution in [2.45, 2.75) is 10.6 Å². The van der Waals surface area contributed by atoms with Gasteiger partial charge in [0.05, 0.1) is 5.69 Å². The molecule has 0 spiro atoms. The Morgan fingerprint density at radius 3 is 2.81 bits per heavy atom. The molecule has 4 heteroatoms. The molecule has 0 bridgehead atoms. The molecular weight excluding hydrogens is 284 g/mol. The van der Waals surface area contributed by atoms with Crippen LogP contribution in [0.3, 0.4) is 0 Å². The van der Waals surface area contributed by atoms with Crippen LogP contribution in [0.1, 0.15) is 5.69 Å². The first-order valence-corrected chi connectivity index (χ1v) is 6.61. The lowest BCUT2D eigenvalue weighted by atomic mass is 10.3. The fourth-order valence-corrected chi connectivity index (χ4v) is 2.84. The van der Waals surface area contributed by atoms with Gasteiger partial charge in [0.2, 0.25) is 0 Å². The summed E-state index contributed by atoms with van der Waals surface area (Å²) in [4.78, 5) is 5.46. The molecule has 0 atom stereocenters. The molecule has 0 unspecified atom stereocenters. The average Bonchev–Trinajstić information content (AvgIpc) is 2.29. The number of anilines is 1. The van der Waals surface area contributed by atoms with Gasteiger partial charge in [-0.3, -0.25) is 4.98 Å². The summed E-state index contributed by atoms with van der Waals surface area (Å²) in [6.07, 6.45) is 1.81. The Bertz CT molecular complexity index is 474. The van der Waals surface area contributed by atoms with Crippen LogP contribution in [-0.4, -0.2) is 4.98 Å². The van der Waals surface area contributed by atoms with Gasteiger partial charge < -0.3 is 5.73 Å². The van der Waals surface area contributed by atoms with Crippen LogP contribution in [0.15, 0.2) is 52.0 Å². The minimum Gasteiger partial charge on any atom is -0.399 e. The molecule has 0 saturated heterocycles. The number of hydrogen-bond donors (Lipinski definition) is 1. The van der Waals surface area contributed by atoms with Gasteiger partial charge in [-0.05, 0) is 46.3 Å². The largest absolute Gasteiger partial charge is 0.399 e. The summed E-state index contributed by atoms with van der Waals surface area (Å²) < 4.78 is 1.04. The normalized spacial score (nSPS) is 10.3. The molecule has 16 heavy (non-hydrogen) atoms. The lowest BCUT2D eigenvalue weighted by Crippen LogP contribution is -1.87. The Balaban J connectivity index is 2.05. The van der Waals surface area contributed by atoms with Crippen molar-refractivity contribution in [2.75, 3.05) is 5.73 Å². The molecule has 0 radical (unpaired) electrons. The molecule has 0 amide bonds. The Morgan fingerprint density at radius 2 is 2.12 bits per heavy atom. The number of rotatable bonds is 3. The highest BCUT2D eigenvalue weighted by molar-refractivity contribution is 9.10. The van der Waals surface area contributed by atoms with Crippen molar-refractivity contribution in [1.29, 1.82) is 0 Å². The van der Waals surface area contributed by atoms with Gasteiger partial charge in [0, 0.05) is 27.0 Å². The number of thioether (sulfide) groups is 1. The Hall–Kier alpha value is -1.00. The van der Waals surface area contributed by atoms with Crippen molar-refractivity contribution in [3.05, 3.63) is 52.8 Å². The molecule has 1 aromatic heterocycles. The third-order valence-electron chi connectivity index (χ3n) is 2.06. The summed E-state index contributed by atoms with van der Waals surface area (Å²) in [5, 5.41) is 0. The number of nitrogens with zero attached hydrogens (tertiary/aromatic N) is 1. The zero-order valence-corrected chi connectivity index (χ0v) is 11.0. The molecule has 0 saturated carbocycles. The van der Waals surface area contributed by atoms with E-state index in [1.807, 2.05) is 42.6 Å². The second-order valence-electron chi connectivity index (χ2n) is 3.30. The first-order chi connectivity index (χ1) is 7.75. The van der Waals surface area contributed by atoms with E-state index in [2.05, 4.69) is 20.9 Å². The SMILES string of the molecule is Nc1ccc(SCc2ccccn2)c(Br)c1. The quantitative estimate of drug-likeness (QED) is 0.693. The minimum atomic E-state index is 0.772. The van der Waals surface area contributed by atoms with Crippen LogP contribution >= 0.6 is 27.7 Å². The maximum atomic E-state index is 5.68. The van der Waals surface area contributed by atoms with Crippen LogP contribution in [0.5, 0.6) is 0 Å². The highest BCUT2D eigenvalue weighted by Crippen LogP contribution is 2.30. The van der Waals surface area contributed by atoms with Crippen molar-refractivity contribution in [1.82, 2.24) is 4.98 Å². The topological polar surface area (TPSA) is 38.9 Å². The Labute approximate surface area is 107 Å². The monoisotopic (exact) mass is 294 g/mol. The van der Waals surface area contributed by atoms with Gasteiger partial charge in [-0.1, -0.05) is 6.07 Å². The molecule has 0 aliphatic heterocycles. The summed E-state index contributed by atoms with van der Waals surface area (Å²) >= 11 is 5.24. The average molecular weight is 295 g/mol. The third kappa shape index (κ3) is 3.00. The fourth-order valence-electron chi connectivity index (χ4n) is 1.27. The van der Waals surface area contributed by atoms with E-state index in [4.69, 9.17) is 5.73 Å². The van der Waals surface area contributed by atoms with Gasteiger partial charge in [0.25, 0.3) is 0 Å². The molecule has 0 fully saturated rings. The number of benzene rings is 1. The molecule has 1 aromatic carbocycles. The number of halogens is 1. The van der Waals surface area contributed by atoms with E-state index in [9.17, 15) is 0 Å². The summed E-state index contributed by atoms with van der Waals surface area (Å²) in [6.45, 7) is 0. The predicted molar refractivity (Wildman–Crippen MR) is 72.4 cm³/mol. The number of hydrogen-bond acceptors (Lipinski definition) is 3. The van der Waals surface area contributed by atoms with E-state index in [1.165, 1.54) is 4.90 Å². The smallest absolute Gasteiger partial charge is 0.0506 e. The van der Waals surface area contributed by atoms with E-state index >= 15 is 0 Å².